The van der Waals surface area contributed by atoms with Gasteiger partial charge in [0.1, 0.15) is 5.75 Å². The minimum atomic E-state index is -0.186. The summed E-state index contributed by atoms with van der Waals surface area (Å²) in [7, 11) is 0. The van der Waals surface area contributed by atoms with E-state index in [0.29, 0.717) is 19.4 Å². The molecule has 0 amide bonds. The van der Waals surface area contributed by atoms with Crippen molar-refractivity contribution in [2.75, 3.05) is 13.2 Å². The quantitative estimate of drug-likeness (QED) is 0.406. The molecule has 4 nitrogen and oxygen atoms in total. The number of ether oxygens (including phenoxy) is 3. The van der Waals surface area contributed by atoms with Crippen LogP contribution in [0.5, 0.6) is 5.75 Å². The third-order valence-electron chi connectivity index (χ3n) is 5.44. The molecule has 2 rings (SSSR count). The van der Waals surface area contributed by atoms with Crippen LogP contribution >= 0.6 is 0 Å². The topological polar surface area (TPSA) is 44.8 Å². The van der Waals surface area contributed by atoms with Gasteiger partial charge in [-0.15, -0.1) is 0 Å². The molecule has 1 aliphatic rings. The predicted molar refractivity (Wildman–Crippen MR) is 138 cm³/mol. The van der Waals surface area contributed by atoms with E-state index in [1.54, 1.807) is 0 Å². The summed E-state index contributed by atoms with van der Waals surface area (Å²) in [6.07, 6.45) is 4.02. The highest BCUT2D eigenvalue weighted by Gasteiger charge is 2.30. The molecule has 1 aromatic carbocycles. The van der Waals surface area contributed by atoms with E-state index in [4.69, 9.17) is 14.2 Å². The first-order valence-corrected chi connectivity index (χ1v) is 12.8. The minimum absolute atomic E-state index is 0.0192. The third-order valence-corrected chi connectivity index (χ3v) is 5.44. The lowest BCUT2D eigenvalue weighted by atomic mass is 9.78. The van der Waals surface area contributed by atoms with Crippen LogP contribution in [0.4, 0.5) is 0 Å². The van der Waals surface area contributed by atoms with Gasteiger partial charge in [0, 0.05) is 24.0 Å². The Balaban J connectivity index is 0.00000265. The maximum absolute atomic E-state index is 12.3. The Bertz CT molecular complexity index is 703. The summed E-state index contributed by atoms with van der Waals surface area (Å²) in [5, 5.41) is 0. The standard InChI is InChI=1S/C27H44O4.C2H6/c1-25(2,3)18-30-22(28)14-13-19-16-20(26(4,5)6)24(21(17-19)27(7,8)9)31-23-12-10-11-15-29-23;1-2/h16-17,23H,10-15,18H2,1-9H3;1-2H3. The molecule has 33 heavy (non-hydrogen) atoms. The molecular formula is C29H50O4. The lowest BCUT2D eigenvalue weighted by Gasteiger charge is -2.33. The first kappa shape index (κ1) is 29.5. The van der Waals surface area contributed by atoms with Crippen LogP contribution in [0.1, 0.15) is 119 Å². The second kappa shape index (κ2) is 12.2. The van der Waals surface area contributed by atoms with Crippen molar-refractivity contribution in [2.24, 2.45) is 5.41 Å². The molecule has 1 aromatic rings. The van der Waals surface area contributed by atoms with E-state index in [2.05, 4.69) is 74.4 Å². The van der Waals surface area contributed by atoms with Gasteiger partial charge in [-0.25, -0.2) is 0 Å². The molecular weight excluding hydrogens is 412 g/mol. The lowest BCUT2D eigenvalue weighted by Crippen LogP contribution is -2.29. The van der Waals surface area contributed by atoms with Crippen molar-refractivity contribution in [2.45, 2.75) is 125 Å². The molecule has 4 heteroatoms. The van der Waals surface area contributed by atoms with Gasteiger partial charge >= 0.3 is 5.97 Å². The second-order valence-corrected chi connectivity index (χ2v) is 12.2. The van der Waals surface area contributed by atoms with Gasteiger partial charge < -0.3 is 14.2 Å². The van der Waals surface area contributed by atoms with Crippen LogP contribution in [0.2, 0.25) is 0 Å². The third kappa shape index (κ3) is 10.1. The van der Waals surface area contributed by atoms with Gasteiger partial charge in [0.05, 0.1) is 13.2 Å². The molecule has 190 valence electrons. The van der Waals surface area contributed by atoms with Crippen molar-refractivity contribution in [1.29, 1.82) is 0 Å². The van der Waals surface area contributed by atoms with Crippen LogP contribution in [-0.2, 0) is 31.5 Å². The fourth-order valence-electron chi connectivity index (χ4n) is 3.63. The molecule has 1 unspecified atom stereocenters. The monoisotopic (exact) mass is 462 g/mol. The summed E-state index contributed by atoms with van der Waals surface area (Å²) in [5.41, 5.74) is 3.30. The van der Waals surface area contributed by atoms with E-state index in [9.17, 15) is 4.79 Å². The van der Waals surface area contributed by atoms with Gasteiger partial charge in [-0.05, 0) is 41.1 Å². The van der Waals surface area contributed by atoms with Crippen LogP contribution in [0, 0.1) is 5.41 Å². The Hall–Kier alpha value is -1.55. The van der Waals surface area contributed by atoms with Gasteiger partial charge in [0.2, 0.25) is 0 Å². The summed E-state index contributed by atoms with van der Waals surface area (Å²) >= 11 is 0. The molecule has 0 bridgehead atoms. The summed E-state index contributed by atoms with van der Waals surface area (Å²) in [6, 6.07) is 4.43. The van der Waals surface area contributed by atoms with Crippen LogP contribution < -0.4 is 4.74 Å². The van der Waals surface area contributed by atoms with E-state index in [1.807, 2.05) is 13.8 Å². The SMILES string of the molecule is CC.CC(C)(C)COC(=O)CCc1cc(C(C)(C)C)c(OC2CCCCO2)c(C(C)(C)C)c1. The highest BCUT2D eigenvalue weighted by atomic mass is 16.7. The van der Waals surface area contributed by atoms with E-state index < -0.39 is 0 Å². The number of hydrogen-bond donors (Lipinski definition) is 0. The van der Waals surface area contributed by atoms with Crippen molar-refractivity contribution in [3.63, 3.8) is 0 Å². The largest absolute Gasteiger partial charge is 0.465 e. The number of esters is 1. The average molecular weight is 463 g/mol. The Morgan fingerprint density at radius 3 is 1.91 bits per heavy atom. The Kier molecular flexibility index (Phi) is 10.9. The average Bonchev–Trinajstić information content (AvgIpc) is 2.71. The van der Waals surface area contributed by atoms with Crippen molar-refractivity contribution >= 4 is 5.97 Å². The normalized spacial score (nSPS) is 17.1. The van der Waals surface area contributed by atoms with Crippen LogP contribution in [0.25, 0.3) is 0 Å². The molecule has 1 saturated heterocycles. The molecule has 0 aliphatic carbocycles. The summed E-state index contributed by atoms with van der Waals surface area (Å²) < 4.78 is 17.9. The van der Waals surface area contributed by atoms with E-state index in [-0.39, 0.29) is 28.5 Å². The van der Waals surface area contributed by atoms with Crippen molar-refractivity contribution in [3.8, 4) is 5.75 Å². The fourth-order valence-corrected chi connectivity index (χ4v) is 3.63. The first-order valence-electron chi connectivity index (χ1n) is 12.8. The molecule has 0 radical (unpaired) electrons. The Labute approximate surface area is 203 Å². The molecule has 1 heterocycles. The maximum Gasteiger partial charge on any atom is 0.306 e. The smallest absolute Gasteiger partial charge is 0.306 e. The number of rotatable bonds is 6. The summed E-state index contributed by atoms with van der Waals surface area (Å²) in [6.45, 7) is 24.7. The molecule has 0 saturated carbocycles. The minimum Gasteiger partial charge on any atom is -0.465 e. The summed E-state index contributed by atoms with van der Waals surface area (Å²) in [4.78, 5) is 12.3. The second-order valence-electron chi connectivity index (χ2n) is 12.2. The number of carbonyl (C=O) groups excluding carboxylic acids is 1. The molecule has 1 fully saturated rings. The van der Waals surface area contributed by atoms with Gasteiger partial charge in [0.15, 0.2) is 6.29 Å². The zero-order chi connectivity index (χ0) is 25.4. The van der Waals surface area contributed by atoms with Gasteiger partial charge in [-0.3, -0.25) is 4.79 Å². The number of aryl methyl sites for hydroxylation is 1. The molecule has 1 aliphatic heterocycles. The van der Waals surface area contributed by atoms with Crippen molar-refractivity contribution < 1.29 is 19.0 Å². The molecule has 0 spiro atoms. The zero-order valence-electron chi connectivity index (χ0n) is 23.3. The van der Waals surface area contributed by atoms with Crippen molar-refractivity contribution in [3.05, 3.63) is 28.8 Å². The predicted octanol–water partition coefficient (Wildman–Crippen LogP) is 7.74. The van der Waals surface area contributed by atoms with Crippen LogP contribution in [0.15, 0.2) is 12.1 Å². The maximum atomic E-state index is 12.3. The van der Waals surface area contributed by atoms with E-state index in [1.165, 1.54) is 11.1 Å². The Morgan fingerprint density at radius 2 is 1.48 bits per heavy atom. The van der Waals surface area contributed by atoms with Gasteiger partial charge in [0.25, 0.3) is 0 Å². The highest BCUT2D eigenvalue weighted by Crippen LogP contribution is 2.42. The zero-order valence-corrected chi connectivity index (χ0v) is 23.3. The van der Waals surface area contributed by atoms with Crippen LogP contribution in [-0.4, -0.2) is 25.5 Å². The van der Waals surface area contributed by atoms with Crippen LogP contribution in [0.3, 0.4) is 0 Å². The summed E-state index contributed by atoms with van der Waals surface area (Å²) in [5.74, 6) is 0.812. The molecule has 0 aromatic heterocycles. The van der Waals surface area contributed by atoms with E-state index >= 15 is 0 Å². The van der Waals surface area contributed by atoms with Gasteiger partial charge in [-0.2, -0.15) is 0 Å². The number of hydrogen-bond acceptors (Lipinski definition) is 4. The molecule has 1 atom stereocenters. The van der Waals surface area contributed by atoms with E-state index in [0.717, 1.165) is 37.2 Å². The van der Waals surface area contributed by atoms with Gasteiger partial charge in [-0.1, -0.05) is 88.3 Å². The number of carbonyl (C=O) groups is 1. The fraction of sp³-hybridized carbons (Fsp3) is 0.759. The molecule has 0 N–H and O–H groups in total. The Morgan fingerprint density at radius 1 is 0.939 bits per heavy atom. The number of benzene rings is 1. The first-order chi connectivity index (χ1) is 15.2. The van der Waals surface area contributed by atoms with Crippen molar-refractivity contribution in [1.82, 2.24) is 0 Å². The lowest BCUT2D eigenvalue weighted by molar-refractivity contribution is -0.146. The highest BCUT2D eigenvalue weighted by molar-refractivity contribution is 5.69.